The van der Waals surface area contributed by atoms with Crippen molar-refractivity contribution < 1.29 is 4.74 Å². The maximum Gasteiger partial charge on any atom is 0.206 e. The fourth-order valence-corrected chi connectivity index (χ4v) is 3.44. The fourth-order valence-electron chi connectivity index (χ4n) is 2.60. The van der Waals surface area contributed by atoms with Crippen LogP contribution in [0.15, 0.2) is 64.5 Å². The number of hydrogen-bond donors (Lipinski definition) is 0. The van der Waals surface area contributed by atoms with E-state index >= 15 is 0 Å². The molecule has 0 saturated heterocycles. The predicted molar refractivity (Wildman–Crippen MR) is 111 cm³/mol. The zero-order valence-electron chi connectivity index (χ0n) is 15.4. The number of benzene rings is 2. The molecule has 26 heavy (non-hydrogen) atoms. The Hall–Kier alpha value is -2.66. The Kier molecular flexibility index (Phi) is 5.68. The fraction of sp³-hybridized carbons (Fsp3) is 0.238. The van der Waals surface area contributed by atoms with E-state index in [4.69, 9.17) is 9.84 Å². The second-order valence-corrected chi connectivity index (χ2v) is 6.80. The largest absolute Gasteiger partial charge is 0.497 e. The van der Waals surface area contributed by atoms with Crippen molar-refractivity contribution >= 4 is 27.8 Å². The number of methoxy groups -OCH3 is 1. The maximum atomic E-state index is 5.31. The van der Waals surface area contributed by atoms with Gasteiger partial charge in [-0.1, -0.05) is 31.2 Å². The minimum absolute atomic E-state index is 0.582. The molecule has 0 unspecified atom stereocenters. The second kappa shape index (κ2) is 8.15. The van der Waals surface area contributed by atoms with Crippen molar-refractivity contribution in [2.75, 3.05) is 13.7 Å². The van der Waals surface area contributed by atoms with E-state index in [1.54, 1.807) is 24.5 Å². The summed E-state index contributed by atoms with van der Waals surface area (Å²) in [7, 11) is 1.69. The van der Waals surface area contributed by atoms with Crippen LogP contribution in [0.1, 0.15) is 20.3 Å². The molecular formula is C21H23N3OS. The summed E-state index contributed by atoms with van der Waals surface area (Å²) >= 11 is 1.60. The highest BCUT2D eigenvalue weighted by Gasteiger charge is 2.09. The first-order chi connectivity index (χ1) is 12.7. The molecule has 0 fully saturated rings. The third-order valence-corrected chi connectivity index (χ3v) is 5.02. The van der Waals surface area contributed by atoms with Gasteiger partial charge in [-0.3, -0.25) is 4.99 Å². The molecule has 2 aromatic carbocycles. The minimum atomic E-state index is 0.582. The van der Waals surface area contributed by atoms with Gasteiger partial charge in [0.15, 0.2) is 0 Å². The molecule has 0 aliphatic carbocycles. The van der Waals surface area contributed by atoms with Crippen molar-refractivity contribution in [1.29, 1.82) is 0 Å². The van der Waals surface area contributed by atoms with Crippen LogP contribution in [0.4, 0.5) is 0 Å². The summed E-state index contributed by atoms with van der Waals surface area (Å²) in [5.74, 6) is 0.865. The van der Waals surface area contributed by atoms with Crippen LogP contribution in [0.5, 0.6) is 5.75 Å². The first-order valence-electron chi connectivity index (χ1n) is 8.60. The van der Waals surface area contributed by atoms with Crippen molar-refractivity contribution in [3.8, 4) is 17.0 Å². The highest BCUT2D eigenvalue weighted by atomic mass is 32.1. The van der Waals surface area contributed by atoms with Crippen LogP contribution in [0, 0.1) is 0 Å². The third-order valence-electron chi connectivity index (χ3n) is 4.17. The molecule has 5 heteroatoms. The molecule has 0 amide bonds. The van der Waals surface area contributed by atoms with Crippen LogP contribution in [-0.4, -0.2) is 24.0 Å². The van der Waals surface area contributed by atoms with E-state index < -0.39 is 0 Å². The standard InChI is InChI=1S/C21H23N3OS/c1-5-11-22-21-24(23-15(3)6-2)20(14-26-21)18-8-7-17-13-19(25-4)10-9-16(17)12-18/h5,7-10,12-14H,1,6,11H2,2-4H3. The Labute approximate surface area is 157 Å². The molecular weight excluding hydrogens is 342 g/mol. The summed E-state index contributed by atoms with van der Waals surface area (Å²) in [5, 5.41) is 9.20. The average molecular weight is 366 g/mol. The average Bonchev–Trinajstić information content (AvgIpc) is 3.07. The lowest BCUT2D eigenvalue weighted by Gasteiger charge is -2.07. The number of rotatable bonds is 6. The Morgan fingerprint density at radius 1 is 1.23 bits per heavy atom. The van der Waals surface area contributed by atoms with Crippen molar-refractivity contribution in [2.45, 2.75) is 20.3 Å². The lowest BCUT2D eigenvalue weighted by molar-refractivity contribution is 0.415. The van der Waals surface area contributed by atoms with Gasteiger partial charge in [0.1, 0.15) is 5.75 Å². The number of thiazole rings is 1. The summed E-state index contributed by atoms with van der Waals surface area (Å²) in [4.78, 5) is 5.46. The quantitative estimate of drug-likeness (QED) is 0.442. The molecule has 0 aliphatic heterocycles. The van der Waals surface area contributed by atoms with Gasteiger partial charge in [-0.2, -0.15) is 5.10 Å². The van der Waals surface area contributed by atoms with Gasteiger partial charge < -0.3 is 4.74 Å². The predicted octanol–water partition coefficient (Wildman–Crippen LogP) is 5.10. The van der Waals surface area contributed by atoms with E-state index in [1.165, 1.54) is 5.39 Å². The lowest BCUT2D eigenvalue weighted by atomic mass is 10.1. The highest BCUT2D eigenvalue weighted by molar-refractivity contribution is 7.07. The van der Waals surface area contributed by atoms with Crippen LogP contribution in [0.2, 0.25) is 0 Å². The summed E-state index contributed by atoms with van der Waals surface area (Å²) in [6.07, 6.45) is 2.70. The Bertz CT molecular complexity index is 1030. The first kappa shape index (κ1) is 18.1. The lowest BCUT2D eigenvalue weighted by Crippen LogP contribution is -2.14. The Balaban J connectivity index is 2.15. The molecule has 1 aromatic heterocycles. The Morgan fingerprint density at radius 3 is 2.73 bits per heavy atom. The summed E-state index contributed by atoms with van der Waals surface area (Å²) in [6.45, 7) is 8.48. The van der Waals surface area contributed by atoms with E-state index in [2.05, 4.69) is 48.1 Å². The van der Waals surface area contributed by atoms with Gasteiger partial charge >= 0.3 is 0 Å². The van der Waals surface area contributed by atoms with Crippen molar-refractivity contribution in [3.63, 3.8) is 0 Å². The van der Waals surface area contributed by atoms with E-state index in [0.717, 1.165) is 39.3 Å². The SMILES string of the molecule is C=CCN=c1scc(-c2ccc3cc(OC)ccc3c2)n1N=C(C)CC. The van der Waals surface area contributed by atoms with Gasteiger partial charge in [-0.25, -0.2) is 4.68 Å². The number of ether oxygens (including phenoxy) is 1. The van der Waals surface area contributed by atoms with Crippen LogP contribution in [0.25, 0.3) is 22.0 Å². The topological polar surface area (TPSA) is 38.9 Å². The second-order valence-electron chi connectivity index (χ2n) is 5.96. The Morgan fingerprint density at radius 2 is 2.00 bits per heavy atom. The van der Waals surface area contributed by atoms with Crippen LogP contribution in [-0.2, 0) is 0 Å². The zero-order chi connectivity index (χ0) is 18.5. The summed E-state index contributed by atoms with van der Waals surface area (Å²) in [6, 6.07) is 12.5. The molecule has 134 valence electrons. The van der Waals surface area contributed by atoms with Gasteiger partial charge in [0.25, 0.3) is 0 Å². The van der Waals surface area contributed by atoms with Crippen LogP contribution in [0.3, 0.4) is 0 Å². The molecule has 1 heterocycles. The molecule has 0 N–H and O–H groups in total. The van der Waals surface area contributed by atoms with Crippen molar-refractivity contribution in [1.82, 2.24) is 4.68 Å². The van der Waals surface area contributed by atoms with Crippen molar-refractivity contribution in [3.05, 3.63) is 59.2 Å². The number of nitrogens with zero attached hydrogens (tertiary/aromatic N) is 3. The summed E-state index contributed by atoms with van der Waals surface area (Å²) in [5.41, 5.74) is 3.23. The molecule has 0 bridgehead atoms. The first-order valence-corrected chi connectivity index (χ1v) is 9.48. The molecule has 3 aromatic rings. The zero-order valence-corrected chi connectivity index (χ0v) is 16.2. The highest BCUT2D eigenvalue weighted by Crippen LogP contribution is 2.27. The third kappa shape index (κ3) is 3.78. The molecule has 3 rings (SSSR count). The van der Waals surface area contributed by atoms with Gasteiger partial charge in [0, 0.05) is 16.7 Å². The molecule has 0 atom stereocenters. The normalized spacial score (nSPS) is 12.6. The van der Waals surface area contributed by atoms with Crippen LogP contribution >= 0.6 is 11.3 Å². The van der Waals surface area contributed by atoms with Gasteiger partial charge in [0.2, 0.25) is 4.80 Å². The number of fused-ring (bicyclic) bond motifs is 1. The van der Waals surface area contributed by atoms with E-state index in [9.17, 15) is 0 Å². The van der Waals surface area contributed by atoms with Crippen LogP contribution < -0.4 is 9.54 Å². The van der Waals surface area contributed by atoms with Gasteiger partial charge in [0.05, 0.1) is 19.3 Å². The molecule has 0 spiro atoms. The minimum Gasteiger partial charge on any atom is -0.497 e. The van der Waals surface area contributed by atoms with E-state index in [-0.39, 0.29) is 0 Å². The van der Waals surface area contributed by atoms with E-state index in [1.807, 2.05) is 23.7 Å². The van der Waals surface area contributed by atoms with Gasteiger partial charge in [-0.15, -0.1) is 17.9 Å². The summed E-state index contributed by atoms with van der Waals surface area (Å²) < 4.78 is 7.25. The molecule has 4 nitrogen and oxygen atoms in total. The molecule has 0 radical (unpaired) electrons. The maximum absolute atomic E-state index is 5.31. The van der Waals surface area contributed by atoms with Crippen molar-refractivity contribution in [2.24, 2.45) is 10.1 Å². The van der Waals surface area contributed by atoms with Gasteiger partial charge in [-0.05, 0) is 42.3 Å². The molecule has 0 aliphatic rings. The molecule has 0 saturated carbocycles. The number of hydrogen-bond acceptors (Lipinski definition) is 4. The van der Waals surface area contributed by atoms with E-state index in [0.29, 0.717) is 6.54 Å². The monoisotopic (exact) mass is 365 g/mol. The smallest absolute Gasteiger partial charge is 0.206 e. The number of aromatic nitrogens is 1.